The third-order valence-corrected chi connectivity index (χ3v) is 1.25. The Morgan fingerprint density at radius 3 is 2.70 bits per heavy atom. The van der Waals surface area contributed by atoms with Gasteiger partial charge in [-0.2, -0.15) is 0 Å². The van der Waals surface area contributed by atoms with E-state index in [-0.39, 0.29) is 6.61 Å². The van der Waals surface area contributed by atoms with Crippen LogP contribution in [0.25, 0.3) is 0 Å². The number of hydrogen-bond acceptors (Lipinski definition) is 1. The van der Waals surface area contributed by atoms with Crippen molar-refractivity contribution in [1.29, 1.82) is 0 Å². The molecule has 0 heterocycles. The van der Waals surface area contributed by atoms with Crippen LogP contribution in [0.3, 0.4) is 0 Å². The minimum atomic E-state index is 0.264. The van der Waals surface area contributed by atoms with Gasteiger partial charge in [-0.05, 0) is 19.3 Å². The summed E-state index contributed by atoms with van der Waals surface area (Å²) in [4.78, 5) is 0. The SMILES string of the molecule is C=C(C)/C=C/C[C@H](C)CO. The molecule has 0 aliphatic carbocycles. The molecule has 1 atom stereocenters. The Kier molecular flexibility index (Phi) is 4.95. The van der Waals surface area contributed by atoms with E-state index in [0.29, 0.717) is 5.92 Å². The Hall–Kier alpha value is -0.560. The molecule has 10 heavy (non-hydrogen) atoms. The van der Waals surface area contributed by atoms with E-state index in [2.05, 4.69) is 6.58 Å². The number of hydrogen-bond donors (Lipinski definition) is 1. The standard InChI is InChI=1S/C9H16O/c1-8(2)5-4-6-9(3)7-10/h4-5,9-10H,1,6-7H2,2-3H3/b5-4+/t9-/m0/s1. The highest BCUT2D eigenvalue weighted by molar-refractivity contribution is 5.10. The summed E-state index contributed by atoms with van der Waals surface area (Å²) in [6, 6.07) is 0. The molecule has 0 aromatic heterocycles. The number of aliphatic hydroxyl groups is 1. The monoisotopic (exact) mass is 140 g/mol. The lowest BCUT2D eigenvalue weighted by Crippen LogP contribution is -1.97. The minimum Gasteiger partial charge on any atom is -0.396 e. The Balaban J connectivity index is 3.43. The lowest BCUT2D eigenvalue weighted by molar-refractivity contribution is 0.239. The van der Waals surface area contributed by atoms with Gasteiger partial charge in [-0.3, -0.25) is 0 Å². The van der Waals surface area contributed by atoms with Crippen LogP contribution >= 0.6 is 0 Å². The number of rotatable bonds is 4. The van der Waals surface area contributed by atoms with Crippen molar-refractivity contribution >= 4 is 0 Å². The van der Waals surface area contributed by atoms with E-state index in [1.54, 1.807) is 0 Å². The molecule has 0 bridgehead atoms. The molecule has 0 aromatic rings. The van der Waals surface area contributed by atoms with Crippen molar-refractivity contribution in [2.45, 2.75) is 20.3 Å². The molecule has 0 amide bonds. The molecule has 0 aliphatic rings. The maximum absolute atomic E-state index is 8.64. The summed E-state index contributed by atoms with van der Waals surface area (Å²) in [5, 5.41) is 8.64. The number of allylic oxidation sites excluding steroid dienone is 3. The molecule has 0 rings (SSSR count). The Labute approximate surface area is 63.1 Å². The zero-order chi connectivity index (χ0) is 7.98. The van der Waals surface area contributed by atoms with Crippen molar-refractivity contribution in [1.82, 2.24) is 0 Å². The molecule has 0 spiro atoms. The topological polar surface area (TPSA) is 20.2 Å². The third kappa shape index (κ3) is 5.57. The van der Waals surface area contributed by atoms with E-state index in [9.17, 15) is 0 Å². The highest BCUT2D eigenvalue weighted by atomic mass is 16.3. The van der Waals surface area contributed by atoms with Gasteiger partial charge < -0.3 is 5.11 Å². The van der Waals surface area contributed by atoms with Gasteiger partial charge in [-0.1, -0.05) is 31.2 Å². The van der Waals surface area contributed by atoms with E-state index in [1.807, 2.05) is 26.0 Å². The average Bonchev–Trinajstić information content (AvgIpc) is 1.87. The number of aliphatic hydroxyl groups excluding tert-OH is 1. The largest absolute Gasteiger partial charge is 0.396 e. The van der Waals surface area contributed by atoms with Crippen molar-refractivity contribution in [3.8, 4) is 0 Å². The van der Waals surface area contributed by atoms with Crippen LogP contribution in [0.1, 0.15) is 20.3 Å². The van der Waals surface area contributed by atoms with Crippen LogP contribution in [0.15, 0.2) is 24.3 Å². The third-order valence-electron chi connectivity index (χ3n) is 1.25. The fraction of sp³-hybridized carbons (Fsp3) is 0.556. The average molecular weight is 140 g/mol. The second-order valence-electron chi connectivity index (χ2n) is 2.77. The van der Waals surface area contributed by atoms with Crippen LogP contribution in [-0.4, -0.2) is 11.7 Å². The van der Waals surface area contributed by atoms with Gasteiger partial charge in [0.05, 0.1) is 0 Å². The van der Waals surface area contributed by atoms with Gasteiger partial charge in [0.2, 0.25) is 0 Å². The quantitative estimate of drug-likeness (QED) is 0.593. The molecule has 0 fully saturated rings. The smallest absolute Gasteiger partial charge is 0.0459 e. The van der Waals surface area contributed by atoms with Crippen LogP contribution in [0, 0.1) is 5.92 Å². The summed E-state index contributed by atoms with van der Waals surface area (Å²) in [5.41, 5.74) is 1.06. The normalized spacial score (nSPS) is 13.9. The molecule has 1 nitrogen and oxygen atoms in total. The summed E-state index contributed by atoms with van der Waals surface area (Å²) < 4.78 is 0. The molecule has 0 saturated heterocycles. The second-order valence-corrected chi connectivity index (χ2v) is 2.77. The first-order chi connectivity index (χ1) is 4.66. The van der Waals surface area contributed by atoms with Gasteiger partial charge in [-0.25, -0.2) is 0 Å². The first-order valence-corrected chi connectivity index (χ1v) is 3.59. The van der Waals surface area contributed by atoms with E-state index in [4.69, 9.17) is 5.11 Å². The first kappa shape index (κ1) is 9.44. The van der Waals surface area contributed by atoms with Gasteiger partial charge in [0.25, 0.3) is 0 Å². The fourth-order valence-electron chi connectivity index (χ4n) is 0.576. The summed E-state index contributed by atoms with van der Waals surface area (Å²) in [6.45, 7) is 7.97. The predicted octanol–water partition coefficient (Wildman–Crippen LogP) is 2.14. The van der Waals surface area contributed by atoms with Gasteiger partial charge in [-0.15, -0.1) is 0 Å². The highest BCUT2D eigenvalue weighted by Gasteiger charge is 1.93. The first-order valence-electron chi connectivity index (χ1n) is 3.59. The van der Waals surface area contributed by atoms with Crippen LogP contribution < -0.4 is 0 Å². The van der Waals surface area contributed by atoms with Crippen molar-refractivity contribution in [2.24, 2.45) is 5.92 Å². The molecule has 0 aromatic carbocycles. The summed E-state index contributed by atoms with van der Waals surface area (Å²) >= 11 is 0. The molecule has 0 radical (unpaired) electrons. The molecule has 0 aliphatic heterocycles. The van der Waals surface area contributed by atoms with Gasteiger partial charge in [0, 0.05) is 6.61 Å². The van der Waals surface area contributed by atoms with E-state index in [1.165, 1.54) is 0 Å². The van der Waals surface area contributed by atoms with Crippen molar-refractivity contribution in [3.05, 3.63) is 24.3 Å². The lowest BCUT2D eigenvalue weighted by Gasteiger charge is -2.00. The Morgan fingerprint density at radius 2 is 2.30 bits per heavy atom. The zero-order valence-electron chi connectivity index (χ0n) is 6.80. The van der Waals surface area contributed by atoms with Crippen LogP contribution in [0.4, 0.5) is 0 Å². The second kappa shape index (κ2) is 5.24. The van der Waals surface area contributed by atoms with Crippen LogP contribution in [0.5, 0.6) is 0 Å². The predicted molar refractivity (Wildman–Crippen MR) is 44.8 cm³/mol. The Morgan fingerprint density at radius 1 is 1.70 bits per heavy atom. The van der Waals surface area contributed by atoms with Crippen LogP contribution in [0.2, 0.25) is 0 Å². The summed E-state index contributed by atoms with van der Waals surface area (Å²) in [5.74, 6) is 0.371. The minimum absolute atomic E-state index is 0.264. The fourth-order valence-corrected chi connectivity index (χ4v) is 0.576. The van der Waals surface area contributed by atoms with Gasteiger partial charge in [0.1, 0.15) is 0 Å². The maximum Gasteiger partial charge on any atom is 0.0459 e. The van der Waals surface area contributed by atoms with Crippen LogP contribution in [-0.2, 0) is 0 Å². The van der Waals surface area contributed by atoms with E-state index < -0.39 is 0 Å². The molecular formula is C9H16O. The molecule has 1 N–H and O–H groups in total. The lowest BCUT2D eigenvalue weighted by atomic mass is 10.1. The van der Waals surface area contributed by atoms with E-state index in [0.717, 1.165) is 12.0 Å². The summed E-state index contributed by atoms with van der Waals surface area (Å²) in [6.07, 6.45) is 4.96. The van der Waals surface area contributed by atoms with E-state index >= 15 is 0 Å². The molecule has 0 saturated carbocycles. The highest BCUT2D eigenvalue weighted by Crippen LogP contribution is 2.02. The summed E-state index contributed by atoms with van der Waals surface area (Å²) in [7, 11) is 0. The molecule has 0 unspecified atom stereocenters. The van der Waals surface area contributed by atoms with Crippen molar-refractivity contribution < 1.29 is 5.11 Å². The maximum atomic E-state index is 8.64. The zero-order valence-corrected chi connectivity index (χ0v) is 6.80. The Bertz CT molecular complexity index is 125. The van der Waals surface area contributed by atoms with Crippen molar-refractivity contribution in [2.75, 3.05) is 6.61 Å². The van der Waals surface area contributed by atoms with Gasteiger partial charge >= 0.3 is 0 Å². The molecule has 58 valence electrons. The van der Waals surface area contributed by atoms with Crippen molar-refractivity contribution in [3.63, 3.8) is 0 Å². The molecule has 1 heteroatoms. The van der Waals surface area contributed by atoms with Gasteiger partial charge in [0.15, 0.2) is 0 Å². The molecular weight excluding hydrogens is 124 g/mol.